The Labute approximate surface area is 122 Å². The largest absolute Gasteiger partial charge is 0.480 e. The van der Waals surface area contributed by atoms with E-state index in [1.54, 1.807) is 17.5 Å². The molecule has 0 amide bonds. The molecular weight excluding hydrogens is 300 g/mol. The lowest BCUT2D eigenvalue weighted by atomic mass is 10.0. The van der Waals surface area contributed by atoms with Crippen molar-refractivity contribution in [2.75, 3.05) is 13.1 Å². The van der Waals surface area contributed by atoms with Crippen molar-refractivity contribution >= 4 is 27.5 Å². The quantitative estimate of drug-likeness (QED) is 0.860. The van der Waals surface area contributed by atoms with E-state index in [4.69, 9.17) is 0 Å². The number of nitrogens with one attached hydrogen (secondary N) is 1. The molecule has 112 valence electrons. The van der Waals surface area contributed by atoms with Crippen LogP contribution in [0.5, 0.6) is 0 Å². The van der Waals surface area contributed by atoms with Gasteiger partial charge in [-0.05, 0) is 30.2 Å². The van der Waals surface area contributed by atoms with Crippen molar-refractivity contribution in [3.63, 3.8) is 0 Å². The van der Waals surface area contributed by atoms with Crippen molar-refractivity contribution in [1.29, 1.82) is 0 Å². The summed E-state index contributed by atoms with van der Waals surface area (Å²) in [6, 6.07) is 2.09. The molecule has 2 heterocycles. The van der Waals surface area contributed by atoms with E-state index in [-0.39, 0.29) is 0 Å². The van der Waals surface area contributed by atoms with E-state index in [2.05, 4.69) is 4.72 Å². The van der Waals surface area contributed by atoms with Gasteiger partial charge in [0.2, 0.25) is 0 Å². The predicted octanol–water partition coefficient (Wildman–Crippen LogP) is 1.44. The number of hydrogen-bond acceptors (Lipinski definition) is 4. The molecule has 2 unspecified atom stereocenters. The van der Waals surface area contributed by atoms with Crippen LogP contribution < -0.4 is 4.72 Å². The minimum atomic E-state index is -3.78. The molecule has 1 saturated heterocycles. The van der Waals surface area contributed by atoms with Crippen LogP contribution in [0.2, 0.25) is 0 Å². The van der Waals surface area contributed by atoms with Crippen LogP contribution >= 0.6 is 11.3 Å². The van der Waals surface area contributed by atoms with Crippen LogP contribution in [-0.2, 0) is 15.0 Å². The number of carbonyl (C=O) groups is 1. The molecule has 2 rings (SSSR count). The van der Waals surface area contributed by atoms with E-state index in [1.165, 1.54) is 15.6 Å². The molecule has 8 heteroatoms. The molecule has 1 aliphatic rings. The van der Waals surface area contributed by atoms with Crippen LogP contribution in [0.25, 0.3) is 0 Å². The summed E-state index contributed by atoms with van der Waals surface area (Å²) < 4.78 is 28.2. The normalized spacial score (nSPS) is 22.6. The molecule has 0 radical (unpaired) electrons. The van der Waals surface area contributed by atoms with Gasteiger partial charge in [0, 0.05) is 18.0 Å². The predicted molar refractivity (Wildman–Crippen MR) is 76.7 cm³/mol. The Bertz CT molecular complexity index is 556. The van der Waals surface area contributed by atoms with Crippen LogP contribution in [0.4, 0.5) is 0 Å². The zero-order valence-corrected chi connectivity index (χ0v) is 12.8. The van der Waals surface area contributed by atoms with Gasteiger partial charge in [0.05, 0.1) is 0 Å². The van der Waals surface area contributed by atoms with Crippen molar-refractivity contribution in [2.45, 2.75) is 25.8 Å². The number of nitrogens with zero attached hydrogens (tertiary/aromatic N) is 1. The van der Waals surface area contributed by atoms with Crippen molar-refractivity contribution in [3.8, 4) is 0 Å². The minimum Gasteiger partial charge on any atom is -0.480 e. The molecule has 0 aliphatic carbocycles. The SMILES string of the molecule is CC1CCCN(S(=O)(=O)NC(C(=O)O)c2cccs2)C1. The van der Waals surface area contributed by atoms with Gasteiger partial charge in [-0.2, -0.15) is 17.4 Å². The van der Waals surface area contributed by atoms with E-state index < -0.39 is 22.2 Å². The molecule has 20 heavy (non-hydrogen) atoms. The number of thiophene rings is 1. The maximum Gasteiger partial charge on any atom is 0.327 e. The molecule has 2 N–H and O–H groups in total. The van der Waals surface area contributed by atoms with Gasteiger partial charge >= 0.3 is 5.97 Å². The lowest BCUT2D eigenvalue weighted by Gasteiger charge is -2.30. The molecular formula is C12H18N2O4S2. The van der Waals surface area contributed by atoms with Gasteiger partial charge in [-0.3, -0.25) is 4.79 Å². The average Bonchev–Trinajstić information content (AvgIpc) is 2.89. The summed E-state index contributed by atoms with van der Waals surface area (Å²) in [6.07, 6.45) is 1.80. The Morgan fingerprint density at radius 3 is 2.90 bits per heavy atom. The fourth-order valence-corrected chi connectivity index (χ4v) is 4.61. The van der Waals surface area contributed by atoms with Gasteiger partial charge in [0.1, 0.15) is 0 Å². The molecule has 0 aromatic carbocycles. The summed E-state index contributed by atoms with van der Waals surface area (Å²) in [6.45, 7) is 2.87. The van der Waals surface area contributed by atoms with Gasteiger partial charge in [-0.1, -0.05) is 13.0 Å². The molecule has 1 aliphatic heterocycles. The molecule has 1 fully saturated rings. The molecule has 2 atom stereocenters. The maximum absolute atomic E-state index is 12.3. The highest BCUT2D eigenvalue weighted by Crippen LogP contribution is 2.23. The first-order valence-corrected chi connectivity index (χ1v) is 8.75. The van der Waals surface area contributed by atoms with Gasteiger partial charge < -0.3 is 5.11 Å². The van der Waals surface area contributed by atoms with Gasteiger partial charge in [0.15, 0.2) is 6.04 Å². The van der Waals surface area contributed by atoms with E-state index >= 15 is 0 Å². The third kappa shape index (κ3) is 3.57. The number of carboxylic acid groups (broad SMARTS) is 1. The van der Waals surface area contributed by atoms with E-state index in [1.807, 2.05) is 6.92 Å². The first-order valence-electron chi connectivity index (χ1n) is 6.44. The topological polar surface area (TPSA) is 86.7 Å². The standard InChI is InChI=1S/C12H18N2O4S2/c1-9-4-2-6-14(8-9)20(17,18)13-11(12(15)16)10-5-3-7-19-10/h3,5,7,9,11,13H,2,4,6,8H2,1H3,(H,15,16). The van der Waals surface area contributed by atoms with Crippen LogP contribution in [0.15, 0.2) is 17.5 Å². The van der Waals surface area contributed by atoms with E-state index in [0.29, 0.717) is 23.9 Å². The lowest BCUT2D eigenvalue weighted by molar-refractivity contribution is -0.139. The average molecular weight is 318 g/mol. The Balaban J connectivity index is 2.15. The van der Waals surface area contributed by atoms with Crippen LogP contribution in [-0.4, -0.2) is 36.9 Å². The van der Waals surface area contributed by atoms with Crippen molar-refractivity contribution < 1.29 is 18.3 Å². The number of aliphatic carboxylic acids is 1. The second kappa shape index (κ2) is 6.21. The highest BCUT2D eigenvalue weighted by Gasteiger charge is 2.32. The summed E-state index contributed by atoms with van der Waals surface area (Å²) in [5, 5.41) is 10.9. The molecule has 1 aromatic heterocycles. The third-order valence-corrected chi connectivity index (χ3v) is 5.78. The smallest absolute Gasteiger partial charge is 0.327 e. The van der Waals surface area contributed by atoms with E-state index in [0.717, 1.165) is 12.8 Å². The first kappa shape index (κ1) is 15.4. The molecule has 0 spiro atoms. The van der Waals surface area contributed by atoms with Gasteiger partial charge in [-0.25, -0.2) is 0 Å². The number of rotatable bonds is 5. The number of carboxylic acids is 1. The Kier molecular flexibility index (Phi) is 4.79. The van der Waals surface area contributed by atoms with Crippen molar-refractivity contribution in [3.05, 3.63) is 22.4 Å². The zero-order valence-electron chi connectivity index (χ0n) is 11.2. The lowest BCUT2D eigenvalue weighted by Crippen LogP contribution is -2.47. The molecule has 1 aromatic rings. The van der Waals surface area contributed by atoms with Gasteiger partial charge in [0.25, 0.3) is 10.2 Å². The van der Waals surface area contributed by atoms with Crippen molar-refractivity contribution in [1.82, 2.24) is 9.03 Å². The summed E-state index contributed by atoms with van der Waals surface area (Å²) in [5.41, 5.74) is 0. The summed E-state index contributed by atoms with van der Waals surface area (Å²) >= 11 is 1.22. The van der Waals surface area contributed by atoms with Crippen LogP contribution in [0.1, 0.15) is 30.7 Å². The monoisotopic (exact) mass is 318 g/mol. The number of hydrogen-bond donors (Lipinski definition) is 2. The van der Waals surface area contributed by atoms with E-state index in [9.17, 15) is 18.3 Å². The first-order chi connectivity index (χ1) is 9.40. The maximum atomic E-state index is 12.3. The Morgan fingerprint density at radius 1 is 1.60 bits per heavy atom. The zero-order chi connectivity index (χ0) is 14.8. The Hall–Kier alpha value is -0.960. The second-order valence-corrected chi connectivity index (χ2v) is 7.70. The summed E-state index contributed by atoms with van der Waals surface area (Å²) in [4.78, 5) is 11.8. The molecule has 0 saturated carbocycles. The number of piperidine rings is 1. The fourth-order valence-electron chi connectivity index (χ4n) is 2.27. The summed E-state index contributed by atoms with van der Waals surface area (Å²) in [5.74, 6) is -0.897. The fraction of sp³-hybridized carbons (Fsp3) is 0.583. The molecule has 0 bridgehead atoms. The second-order valence-electron chi connectivity index (χ2n) is 5.01. The Morgan fingerprint density at radius 2 is 2.35 bits per heavy atom. The minimum absolute atomic E-state index is 0.297. The highest BCUT2D eigenvalue weighted by molar-refractivity contribution is 7.87. The highest BCUT2D eigenvalue weighted by atomic mass is 32.2. The summed E-state index contributed by atoms with van der Waals surface area (Å²) in [7, 11) is -3.78. The third-order valence-electron chi connectivity index (χ3n) is 3.30. The van der Waals surface area contributed by atoms with Crippen LogP contribution in [0, 0.1) is 5.92 Å². The van der Waals surface area contributed by atoms with Gasteiger partial charge in [-0.15, -0.1) is 11.3 Å². The van der Waals surface area contributed by atoms with Crippen LogP contribution in [0.3, 0.4) is 0 Å². The molecule has 6 nitrogen and oxygen atoms in total. The van der Waals surface area contributed by atoms with Crippen molar-refractivity contribution in [2.24, 2.45) is 5.92 Å².